The monoisotopic (exact) mass is 321 g/mol. The number of halogens is 3. The van der Waals surface area contributed by atoms with Crippen molar-refractivity contribution in [3.63, 3.8) is 0 Å². The first-order valence-corrected chi connectivity index (χ1v) is 7.21. The van der Waals surface area contributed by atoms with E-state index in [1.807, 2.05) is 13.8 Å². The molecule has 1 N–H and O–H groups in total. The Morgan fingerprint density at radius 3 is 2.60 bits per heavy atom. The molecule has 0 radical (unpaired) electrons. The molecule has 0 aliphatic carbocycles. The maximum atomic E-state index is 12.1. The number of carbonyl (C=O) groups is 1. The molecule has 1 amide bonds. The third-order valence-corrected chi connectivity index (χ3v) is 4.10. The Balaban J connectivity index is 2.10. The van der Waals surface area contributed by atoms with Gasteiger partial charge >= 0.3 is 6.18 Å². The van der Waals surface area contributed by atoms with Crippen LogP contribution in [0.3, 0.4) is 0 Å². The number of alkyl halides is 3. The minimum atomic E-state index is -4.52. The van der Waals surface area contributed by atoms with E-state index in [2.05, 4.69) is 15.3 Å². The van der Waals surface area contributed by atoms with Crippen LogP contribution in [0.25, 0.3) is 10.6 Å². The van der Waals surface area contributed by atoms with E-state index >= 15 is 0 Å². The SMILES string of the molecule is Cc1nc(C)c(-c2csc(NC(=O)CC(F)(F)F)n2)s1. The fourth-order valence-electron chi connectivity index (χ4n) is 1.55. The highest BCUT2D eigenvalue weighted by molar-refractivity contribution is 7.16. The van der Waals surface area contributed by atoms with Crippen LogP contribution >= 0.6 is 22.7 Å². The number of hydrogen-bond donors (Lipinski definition) is 1. The van der Waals surface area contributed by atoms with Gasteiger partial charge in [0.05, 0.1) is 21.3 Å². The molecular weight excluding hydrogens is 311 g/mol. The van der Waals surface area contributed by atoms with Crippen LogP contribution in [-0.4, -0.2) is 22.1 Å². The number of aryl methyl sites for hydroxylation is 2. The number of anilines is 1. The molecule has 0 bridgehead atoms. The predicted molar refractivity (Wildman–Crippen MR) is 72.0 cm³/mol. The van der Waals surface area contributed by atoms with E-state index in [9.17, 15) is 18.0 Å². The number of aromatic nitrogens is 2. The van der Waals surface area contributed by atoms with E-state index in [1.165, 1.54) is 11.3 Å². The molecule has 0 aliphatic rings. The molecule has 9 heteroatoms. The number of rotatable bonds is 3. The van der Waals surface area contributed by atoms with Crippen molar-refractivity contribution in [3.8, 4) is 10.6 Å². The highest BCUT2D eigenvalue weighted by Gasteiger charge is 2.31. The van der Waals surface area contributed by atoms with Gasteiger partial charge in [-0.15, -0.1) is 22.7 Å². The van der Waals surface area contributed by atoms with Crippen molar-refractivity contribution in [1.29, 1.82) is 0 Å². The minimum absolute atomic E-state index is 0.153. The van der Waals surface area contributed by atoms with Crippen LogP contribution in [0.1, 0.15) is 17.1 Å². The summed E-state index contributed by atoms with van der Waals surface area (Å²) in [6.45, 7) is 3.69. The standard InChI is InChI=1S/C11H10F3N3OS2/c1-5-9(20-6(2)15-5)7-4-19-10(16-7)17-8(18)3-11(12,13)14/h4H,3H2,1-2H3,(H,16,17,18). The molecule has 2 heterocycles. The quantitative estimate of drug-likeness (QED) is 0.936. The van der Waals surface area contributed by atoms with E-state index in [1.54, 1.807) is 5.38 Å². The lowest BCUT2D eigenvalue weighted by Gasteiger charge is -2.04. The molecule has 0 spiro atoms. The lowest BCUT2D eigenvalue weighted by Crippen LogP contribution is -2.21. The average Bonchev–Trinajstić information content (AvgIpc) is 2.82. The van der Waals surface area contributed by atoms with E-state index in [-0.39, 0.29) is 5.13 Å². The second-order valence-electron chi connectivity index (χ2n) is 4.03. The van der Waals surface area contributed by atoms with Crippen LogP contribution in [0.15, 0.2) is 5.38 Å². The first-order chi connectivity index (χ1) is 9.24. The molecule has 4 nitrogen and oxygen atoms in total. The second kappa shape index (κ2) is 5.49. The Labute approximate surface area is 120 Å². The summed E-state index contributed by atoms with van der Waals surface area (Å²) in [6.07, 6.45) is -6.03. The lowest BCUT2D eigenvalue weighted by atomic mass is 10.3. The molecule has 2 aromatic rings. The zero-order valence-corrected chi connectivity index (χ0v) is 12.2. The summed E-state index contributed by atoms with van der Waals surface area (Å²) < 4.78 is 36.2. The van der Waals surface area contributed by atoms with Crippen molar-refractivity contribution in [3.05, 3.63) is 16.1 Å². The van der Waals surface area contributed by atoms with Gasteiger partial charge in [0.15, 0.2) is 5.13 Å². The van der Waals surface area contributed by atoms with Gasteiger partial charge in [0, 0.05) is 5.38 Å². The number of amides is 1. The zero-order chi connectivity index (χ0) is 14.9. The molecule has 0 aliphatic heterocycles. The third-order valence-electron chi connectivity index (χ3n) is 2.25. The van der Waals surface area contributed by atoms with Gasteiger partial charge in [-0.2, -0.15) is 13.2 Å². The number of hydrogen-bond acceptors (Lipinski definition) is 5. The normalized spacial score (nSPS) is 11.7. The summed E-state index contributed by atoms with van der Waals surface area (Å²) in [5.41, 5.74) is 1.42. The number of nitrogens with one attached hydrogen (secondary N) is 1. The number of thiazole rings is 2. The molecule has 0 saturated heterocycles. The van der Waals surface area contributed by atoms with Crippen molar-refractivity contribution >= 4 is 33.7 Å². The van der Waals surface area contributed by atoms with Crippen LogP contribution in [-0.2, 0) is 4.79 Å². The first kappa shape index (κ1) is 14.9. The topological polar surface area (TPSA) is 54.9 Å². The smallest absolute Gasteiger partial charge is 0.302 e. The minimum Gasteiger partial charge on any atom is -0.302 e. The molecule has 108 valence electrons. The Morgan fingerprint density at radius 2 is 2.05 bits per heavy atom. The fourth-order valence-corrected chi connectivity index (χ4v) is 3.22. The zero-order valence-electron chi connectivity index (χ0n) is 10.5. The Morgan fingerprint density at radius 1 is 1.35 bits per heavy atom. The van der Waals surface area contributed by atoms with Crippen LogP contribution < -0.4 is 5.32 Å². The summed E-state index contributed by atoms with van der Waals surface area (Å²) in [6, 6.07) is 0. The van der Waals surface area contributed by atoms with Gasteiger partial charge in [-0.25, -0.2) is 9.97 Å². The summed E-state index contributed by atoms with van der Waals surface area (Å²) >= 11 is 2.54. The molecule has 0 aromatic carbocycles. The fraction of sp³-hybridized carbons (Fsp3) is 0.364. The van der Waals surface area contributed by atoms with Gasteiger partial charge in [0.1, 0.15) is 6.42 Å². The van der Waals surface area contributed by atoms with Gasteiger partial charge < -0.3 is 5.32 Å². The molecule has 0 fully saturated rings. The molecular formula is C11H10F3N3OS2. The van der Waals surface area contributed by atoms with E-state index in [0.717, 1.165) is 26.9 Å². The first-order valence-electron chi connectivity index (χ1n) is 5.51. The highest BCUT2D eigenvalue weighted by atomic mass is 32.1. The Hall–Kier alpha value is -1.48. The van der Waals surface area contributed by atoms with E-state index in [0.29, 0.717) is 5.69 Å². The van der Waals surface area contributed by atoms with Gasteiger partial charge in [0.25, 0.3) is 0 Å². The second-order valence-corrected chi connectivity index (χ2v) is 6.09. The van der Waals surface area contributed by atoms with Gasteiger partial charge in [-0.1, -0.05) is 0 Å². The van der Waals surface area contributed by atoms with Crippen LogP contribution in [0.5, 0.6) is 0 Å². The van der Waals surface area contributed by atoms with Gasteiger partial charge in [-0.3, -0.25) is 4.79 Å². The van der Waals surface area contributed by atoms with Crippen LogP contribution in [0, 0.1) is 13.8 Å². The third kappa shape index (κ3) is 3.76. The van der Waals surface area contributed by atoms with Crippen molar-refractivity contribution in [1.82, 2.24) is 9.97 Å². The van der Waals surface area contributed by atoms with Crippen molar-refractivity contribution in [2.24, 2.45) is 0 Å². The average molecular weight is 321 g/mol. The molecule has 2 aromatic heterocycles. The van der Waals surface area contributed by atoms with Gasteiger partial charge in [0.2, 0.25) is 5.91 Å². The molecule has 0 atom stereocenters. The Bertz CT molecular complexity index is 633. The maximum Gasteiger partial charge on any atom is 0.397 e. The molecule has 2 rings (SSSR count). The van der Waals surface area contributed by atoms with Crippen LogP contribution in [0.2, 0.25) is 0 Å². The van der Waals surface area contributed by atoms with E-state index in [4.69, 9.17) is 0 Å². The largest absolute Gasteiger partial charge is 0.397 e. The van der Waals surface area contributed by atoms with Crippen molar-refractivity contribution in [2.75, 3.05) is 5.32 Å². The number of carbonyl (C=O) groups excluding carboxylic acids is 1. The predicted octanol–water partition coefficient (Wildman–Crippen LogP) is 3.77. The summed E-state index contributed by atoms with van der Waals surface area (Å²) in [5, 5.41) is 4.87. The molecule has 0 unspecified atom stereocenters. The van der Waals surface area contributed by atoms with Gasteiger partial charge in [-0.05, 0) is 13.8 Å². The molecule has 0 saturated carbocycles. The maximum absolute atomic E-state index is 12.1. The van der Waals surface area contributed by atoms with E-state index < -0.39 is 18.5 Å². The summed E-state index contributed by atoms with van der Waals surface area (Å²) in [7, 11) is 0. The Kier molecular flexibility index (Phi) is 4.09. The summed E-state index contributed by atoms with van der Waals surface area (Å²) in [5.74, 6) is -1.12. The summed E-state index contributed by atoms with van der Waals surface area (Å²) in [4.78, 5) is 20.4. The number of nitrogens with zero attached hydrogens (tertiary/aromatic N) is 2. The highest BCUT2D eigenvalue weighted by Crippen LogP contribution is 2.32. The van der Waals surface area contributed by atoms with Crippen molar-refractivity contribution in [2.45, 2.75) is 26.4 Å². The van der Waals surface area contributed by atoms with Crippen molar-refractivity contribution < 1.29 is 18.0 Å². The lowest BCUT2D eigenvalue weighted by molar-refractivity contribution is -0.150. The van der Waals surface area contributed by atoms with Crippen LogP contribution in [0.4, 0.5) is 18.3 Å². The molecule has 20 heavy (non-hydrogen) atoms.